The third-order valence-corrected chi connectivity index (χ3v) is 5.47. The Morgan fingerprint density at radius 2 is 1.86 bits per heavy atom. The topological polar surface area (TPSA) is 98.3 Å². The Balaban J connectivity index is 1.16. The zero-order valence-electron chi connectivity index (χ0n) is 15.8. The fourth-order valence-corrected chi connectivity index (χ4v) is 3.92. The molecule has 1 aliphatic heterocycles. The van der Waals surface area contributed by atoms with Crippen molar-refractivity contribution in [2.45, 2.75) is 43.5 Å². The molecule has 1 aliphatic carbocycles. The molecule has 1 aromatic carbocycles. The highest BCUT2D eigenvalue weighted by molar-refractivity contribution is 5.82. The van der Waals surface area contributed by atoms with Gasteiger partial charge in [-0.15, -0.1) is 0 Å². The van der Waals surface area contributed by atoms with Gasteiger partial charge in [0.1, 0.15) is 6.04 Å². The zero-order valence-corrected chi connectivity index (χ0v) is 15.8. The Hall–Kier alpha value is -2.32. The lowest BCUT2D eigenvalue weighted by Crippen LogP contribution is -2.47. The minimum Gasteiger partial charge on any atom is -0.390 e. The molecule has 28 heavy (non-hydrogen) atoms. The number of hydrogen-bond acceptors (Lipinski definition) is 6. The first-order chi connectivity index (χ1) is 13.7. The highest BCUT2D eigenvalue weighted by Crippen LogP contribution is 2.22. The standard InChI is InChI=1S/C21H27N5O2/c27-17(12-23-16-9-14-5-1-2-6-15(14)10-16)13-24-21(28)20-11-19(25-26-20)18-7-3-4-8-22-18/h1-8,16-17,19-20,23,25-27H,9-13H2,(H,24,28). The summed E-state index contributed by atoms with van der Waals surface area (Å²) in [6, 6.07) is 14.2. The molecule has 1 fully saturated rings. The number of nitrogens with one attached hydrogen (secondary N) is 4. The van der Waals surface area contributed by atoms with Gasteiger partial charge in [-0.05, 0) is 42.5 Å². The van der Waals surface area contributed by atoms with Crippen molar-refractivity contribution < 1.29 is 9.90 Å². The minimum absolute atomic E-state index is 0.00698. The van der Waals surface area contributed by atoms with Crippen molar-refractivity contribution in [3.8, 4) is 0 Å². The zero-order chi connectivity index (χ0) is 19.3. The second-order valence-electron chi connectivity index (χ2n) is 7.57. The maximum atomic E-state index is 12.4. The van der Waals surface area contributed by atoms with E-state index in [2.05, 4.69) is 50.7 Å². The summed E-state index contributed by atoms with van der Waals surface area (Å²) in [6.07, 6.45) is 3.73. The van der Waals surface area contributed by atoms with Crippen molar-refractivity contribution in [3.63, 3.8) is 0 Å². The van der Waals surface area contributed by atoms with Crippen LogP contribution in [0.3, 0.4) is 0 Å². The van der Waals surface area contributed by atoms with E-state index in [-0.39, 0.29) is 24.5 Å². The molecule has 5 N–H and O–H groups in total. The molecule has 0 bridgehead atoms. The van der Waals surface area contributed by atoms with Crippen molar-refractivity contribution >= 4 is 5.91 Å². The van der Waals surface area contributed by atoms with Crippen molar-refractivity contribution in [3.05, 3.63) is 65.5 Å². The average molecular weight is 381 g/mol. The second kappa shape index (κ2) is 8.79. The van der Waals surface area contributed by atoms with Crippen LogP contribution in [-0.4, -0.2) is 47.3 Å². The van der Waals surface area contributed by atoms with Gasteiger partial charge in [0.15, 0.2) is 0 Å². The van der Waals surface area contributed by atoms with Gasteiger partial charge in [-0.3, -0.25) is 9.78 Å². The molecule has 0 saturated carbocycles. The van der Waals surface area contributed by atoms with Crippen LogP contribution in [0.1, 0.15) is 29.3 Å². The highest BCUT2D eigenvalue weighted by atomic mass is 16.3. The smallest absolute Gasteiger partial charge is 0.238 e. The Morgan fingerprint density at radius 1 is 1.11 bits per heavy atom. The number of carbonyl (C=O) groups is 1. The number of nitrogens with zero attached hydrogens (tertiary/aromatic N) is 1. The van der Waals surface area contributed by atoms with Crippen LogP contribution in [-0.2, 0) is 17.6 Å². The summed E-state index contributed by atoms with van der Waals surface area (Å²) >= 11 is 0. The van der Waals surface area contributed by atoms with Gasteiger partial charge >= 0.3 is 0 Å². The highest BCUT2D eigenvalue weighted by Gasteiger charge is 2.30. The number of hydrogen-bond donors (Lipinski definition) is 5. The van der Waals surface area contributed by atoms with E-state index < -0.39 is 6.10 Å². The summed E-state index contributed by atoms with van der Waals surface area (Å²) in [5, 5.41) is 16.5. The summed E-state index contributed by atoms with van der Waals surface area (Å²) < 4.78 is 0. The van der Waals surface area contributed by atoms with Gasteiger partial charge < -0.3 is 15.7 Å². The van der Waals surface area contributed by atoms with Crippen LogP contribution in [0.4, 0.5) is 0 Å². The van der Waals surface area contributed by atoms with Gasteiger partial charge in [-0.2, -0.15) is 0 Å². The third kappa shape index (κ3) is 4.56. The molecule has 1 amide bonds. The summed E-state index contributed by atoms with van der Waals surface area (Å²) in [4.78, 5) is 16.7. The Labute approximate surface area is 164 Å². The summed E-state index contributed by atoms with van der Waals surface area (Å²) in [5.41, 5.74) is 9.80. The van der Waals surface area contributed by atoms with Crippen molar-refractivity contribution in [2.24, 2.45) is 0 Å². The number of rotatable bonds is 7. The predicted molar refractivity (Wildman–Crippen MR) is 106 cm³/mol. The molecule has 4 rings (SSSR count). The van der Waals surface area contributed by atoms with E-state index in [1.165, 1.54) is 11.1 Å². The number of aliphatic hydroxyl groups excluding tert-OH is 1. The molecule has 2 heterocycles. The molecule has 7 nitrogen and oxygen atoms in total. The molecule has 2 aromatic rings. The van der Waals surface area contributed by atoms with E-state index in [1.807, 2.05) is 18.2 Å². The quantitative estimate of drug-likeness (QED) is 0.471. The van der Waals surface area contributed by atoms with E-state index in [0.29, 0.717) is 19.0 Å². The largest absolute Gasteiger partial charge is 0.390 e. The van der Waals surface area contributed by atoms with Crippen LogP contribution in [0, 0.1) is 0 Å². The van der Waals surface area contributed by atoms with Gasteiger partial charge in [0.25, 0.3) is 0 Å². The number of pyridine rings is 1. The van der Waals surface area contributed by atoms with Crippen molar-refractivity contribution in [1.82, 2.24) is 26.5 Å². The van der Waals surface area contributed by atoms with Gasteiger partial charge in [0.2, 0.25) is 5.91 Å². The van der Waals surface area contributed by atoms with Gasteiger partial charge in [-0.25, -0.2) is 10.9 Å². The lowest BCUT2D eigenvalue weighted by atomic mass is 10.1. The SMILES string of the molecule is O=C(NCC(O)CNC1Cc2ccccc2C1)C1CC(c2ccccn2)NN1. The normalized spacial score (nSPS) is 22.8. The molecule has 0 spiro atoms. The molecule has 2 aliphatic rings. The van der Waals surface area contributed by atoms with E-state index in [4.69, 9.17) is 0 Å². The number of amides is 1. The van der Waals surface area contributed by atoms with E-state index in [1.54, 1.807) is 6.20 Å². The van der Waals surface area contributed by atoms with Crippen molar-refractivity contribution in [1.29, 1.82) is 0 Å². The van der Waals surface area contributed by atoms with Gasteiger partial charge in [0, 0.05) is 25.3 Å². The molecule has 1 saturated heterocycles. The number of hydrazine groups is 1. The maximum absolute atomic E-state index is 12.4. The maximum Gasteiger partial charge on any atom is 0.238 e. The summed E-state index contributed by atoms with van der Waals surface area (Å²) in [7, 11) is 0. The van der Waals surface area contributed by atoms with E-state index in [0.717, 1.165) is 18.5 Å². The minimum atomic E-state index is -0.617. The lowest BCUT2D eigenvalue weighted by Gasteiger charge is -2.18. The van der Waals surface area contributed by atoms with Crippen LogP contribution >= 0.6 is 0 Å². The second-order valence-corrected chi connectivity index (χ2v) is 7.57. The number of carbonyl (C=O) groups excluding carboxylic acids is 1. The molecular weight excluding hydrogens is 354 g/mol. The molecular formula is C21H27N5O2. The predicted octanol–water partition coefficient (Wildman–Crippen LogP) is 0.223. The van der Waals surface area contributed by atoms with E-state index in [9.17, 15) is 9.90 Å². The molecule has 3 unspecified atom stereocenters. The van der Waals surface area contributed by atoms with Gasteiger partial charge in [0.05, 0.1) is 17.8 Å². The monoisotopic (exact) mass is 381 g/mol. The fourth-order valence-electron chi connectivity index (χ4n) is 3.92. The molecule has 148 valence electrons. The third-order valence-electron chi connectivity index (χ3n) is 5.47. The number of fused-ring (bicyclic) bond motifs is 1. The molecule has 7 heteroatoms. The van der Waals surface area contributed by atoms with Crippen LogP contribution < -0.4 is 21.5 Å². The Bertz CT molecular complexity index is 775. The van der Waals surface area contributed by atoms with E-state index >= 15 is 0 Å². The van der Waals surface area contributed by atoms with Crippen LogP contribution in [0.2, 0.25) is 0 Å². The first-order valence-electron chi connectivity index (χ1n) is 9.87. The first-order valence-corrected chi connectivity index (χ1v) is 9.87. The van der Waals surface area contributed by atoms with Crippen molar-refractivity contribution in [2.75, 3.05) is 13.1 Å². The summed E-state index contributed by atoms with van der Waals surface area (Å²) in [5.74, 6) is -0.113. The number of aliphatic hydroxyl groups is 1. The van der Waals surface area contributed by atoms with Gasteiger partial charge in [-0.1, -0.05) is 30.3 Å². The van der Waals surface area contributed by atoms with Crippen LogP contribution in [0.5, 0.6) is 0 Å². The fraction of sp³-hybridized carbons (Fsp3) is 0.429. The molecule has 0 radical (unpaired) electrons. The number of aromatic nitrogens is 1. The average Bonchev–Trinajstić information content (AvgIpc) is 3.38. The molecule has 1 aromatic heterocycles. The lowest BCUT2D eigenvalue weighted by molar-refractivity contribution is -0.123. The first kappa shape index (κ1) is 19.0. The summed E-state index contributed by atoms with van der Waals surface area (Å²) in [6.45, 7) is 0.698. The Kier molecular flexibility index (Phi) is 5.97. The molecule has 3 atom stereocenters. The number of benzene rings is 1. The Morgan fingerprint density at radius 3 is 2.57 bits per heavy atom. The van der Waals surface area contributed by atoms with Crippen LogP contribution in [0.15, 0.2) is 48.7 Å². The van der Waals surface area contributed by atoms with Crippen LogP contribution in [0.25, 0.3) is 0 Å².